The maximum absolute atomic E-state index is 12.6. The zero-order valence-corrected chi connectivity index (χ0v) is 13.4. The summed E-state index contributed by atoms with van der Waals surface area (Å²) >= 11 is 2.21. The van der Waals surface area contributed by atoms with Crippen molar-refractivity contribution < 1.29 is 9.21 Å². The van der Waals surface area contributed by atoms with E-state index < -0.39 is 0 Å². The van der Waals surface area contributed by atoms with Crippen molar-refractivity contribution in [3.8, 4) is 0 Å². The van der Waals surface area contributed by atoms with Gasteiger partial charge in [-0.25, -0.2) is 0 Å². The van der Waals surface area contributed by atoms with Gasteiger partial charge < -0.3 is 4.42 Å². The van der Waals surface area contributed by atoms with Crippen molar-refractivity contribution >= 4 is 39.3 Å². The fourth-order valence-corrected chi connectivity index (χ4v) is 2.88. The summed E-state index contributed by atoms with van der Waals surface area (Å²) in [5.74, 6) is 0.339. The molecule has 0 fully saturated rings. The Labute approximate surface area is 130 Å². The second kappa shape index (κ2) is 5.05. The summed E-state index contributed by atoms with van der Waals surface area (Å²) in [7, 11) is 0. The van der Waals surface area contributed by atoms with Crippen molar-refractivity contribution in [2.24, 2.45) is 0 Å². The molecule has 0 bridgehead atoms. The number of ketones is 1. The zero-order chi connectivity index (χ0) is 14.3. The second-order valence-corrected chi connectivity index (χ2v) is 5.95. The normalized spacial score (nSPS) is 10.9. The van der Waals surface area contributed by atoms with Crippen LogP contribution in [0.1, 0.15) is 27.2 Å². The smallest absolute Gasteiger partial charge is 0.229 e. The van der Waals surface area contributed by atoms with E-state index in [9.17, 15) is 4.79 Å². The van der Waals surface area contributed by atoms with Gasteiger partial charge in [0, 0.05) is 14.5 Å². The first-order chi connectivity index (χ1) is 9.58. The van der Waals surface area contributed by atoms with Gasteiger partial charge in [0.15, 0.2) is 5.76 Å². The molecule has 3 rings (SSSR count). The van der Waals surface area contributed by atoms with Crippen molar-refractivity contribution in [1.29, 1.82) is 0 Å². The SMILES string of the molecule is Cc1cccc(C(=O)c2cc3cccc(C)c3o2)c1I. The van der Waals surface area contributed by atoms with E-state index in [1.54, 1.807) is 0 Å². The third-order valence-electron chi connectivity index (χ3n) is 3.40. The number of fused-ring (bicyclic) bond motifs is 1. The van der Waals surface area contributed by atoms with Crippen molar-refractivity contribution in [1.82, 2.24) is 0 Å². The molecule has 3 aromatic rings. The molecule has 0 atom stereocenters. The Kier molecular flexibility index (Phi) is 3.38. The van der Waals surface area contributed by atoms with Crippen LogP contribution >= 0.6 is 22.6 Å². The lowest BCUT2D eigenvalue weighted by Gasteiger charge is -2.04. The monoisotopic (exact) mass is 376 g/mol. The van der Waals surface area contributed by atoms with Crippen molar-refractivity contribution in [2.75, 3.05) is 0 Å². The average molecular weight is 376 g/mol. The Bertz CT molecular complexity index is 815. The van der Waals surface area contributed by atoms with Crippen molar-refractivity contribution in [2.45, 2.75) is 13.8 Å². The van der Waals surface area contributed by atoms with E-state index in [1.807, 2.05) is 56.3 Å². The Morgan fingerprint density at radius 1 is 1.05 bits per heavy atom. The van der Waals surface area contributed by atoms with Crippen molar-refractivity contribution in [3.63, 3.8) is 0 Å². The molecule has 0 aliphatic carbocycles. The van der Waals surface area contributed by atoms with Crippen LogP contribution in [0.2, 0.25) is 0 Å². The predicted molar refractivity (Wildman–Crippen MR) is 88.3 cm³/mol. The molecule has 0 aliphatic rings. The topological polar surface area (TPSA) is 30.2 Å². The molecule has 0 amide bonds. The summed E-state index contributed by atoms with van der Waals surface area (Å²) in [5, 5.41) is 0.969. The molecule has 100 valence electrons. The van der Waals surface area contributed by atoms with E-state index in [0.29, 0.717) is 11.3 Å². The Balaban J connectivity index is 2.13. The third-order valence-corrected chi connectivity index (χ3v) is 4.83. The summed E-state index contributed by atoms with van der Waals surface area (Å²) in [6.07, 6.45) is 0. The van der Waals surface area contributed by atoms with Crippen LogP contribution < -0.4 is 0 Å². The van der Waals surface area contributed by atoms with Crippen LogP contribution in [0.3, 0.4) is 0 Å². The molecule has 0 aliphatic heterocycles. The van der Waals surface area contributed by atoms with Gasteiger partial charge in [0.2, 0.25) is 5.78 Å². The van der Waals surface area contributed by atoms with Gasteiger partial charge in [0.05, 0.1) is 0 Å². The molecule has 2 aromatic carbocycles. The average Bonchev–Trinajstić information content (AvgIpc) is 2.87. The predicted octanol–water partition coefficient (Wildman–Crippen LogP) is 4.89. The molecule has 1 heterocycles. The van der Waals surface area contributed by atoms with Gasteiger partial charge in [-0.1, -0.05) is 30.3 Å². The highest BCUT2D eigenvalue weighted by Gasteiger charge is 2.18. The molecule has 20 heavy (non-hydrogen) atoms. The zero-order valence-electron chi connectivity index (χ0n) is 11.2. The van der Waals surface area contributed by atoms with Gasteiger partial charge in [-0.05, 0) is 59.7 Å². The third kappa shape index (κ3) is 2.16. The summed E-state index contributed by atoms with van der Waals surface area (Å²) < 4.78 is 6.74. The molecule has 0 saturated carbocycles. The van der Waals surface area contributed by atoms with E-state index in [2.05, 4.69) is 22.6 Å². The molecule has 0 radical (unpaired) electrons. The quantitative estimate of drug-likeness (QED) is 0.471. The highest BCUT2D eigenvalue weighted by Crippen LogP contribution is 2.26. The van der Waals surface area contributed by atoms with Crippen LogP contribution in [0.15, 0.2) is 46.9 Å². The summed E-state index contributed by atoms with van der Waals surface area (Å²) in [6.45, 7) is 3.98. The molecule has 0 saturated heterocycles. The van der Waals surface area contributed by atoms with Crippen LogP contribution in [0.5, 0.6) is 0 Å². The fraction of sp³-hybridized carbons (Fsp3) is 0.118. The Morgan fingerprint density at radius 2 is 1.75 bits per heavy atom. The molecule has 1 aromatic heterocycles. The number of halogens is 1. The van der Waals surface area contributed by atoms with Gasteiger partial charge in [0.25, 0.3) is 0 Å². The number of furan rings is 1. The minimum Gasteiger partial charge on any atom is -0.452 e. The number of hydrogen-bond acceptors (Lipinski definition) is 2. The fourth-order valence-electron chi connectivity index (χ4n) is 2.28. The Morgan fingerprint density at radius 3 is 2.50 bits per heavy atom. The van der Waals surface area contributed by atoms with Crippen LogP contribution in [0.25, 0.3) is 11.0 Å². The van der Waals surface area contributed by atoms with Gasteiger partial charge >= 0.3 is 0 Å². The van der Waals surface area contributed by atoms with Gasteiger partial charge in [-0.3, -0.25) is 4.79 Å². The van der Waals surface area contributed by atoms with Crippen LogP contribution in [-0.2, 0) is 0 Å². The molecular formula is C17H13IO2. The molecular weight excluding hydrogens is 363 g/mol. The van der Waals surface area contributed by atoms with Crippen LogP contribution in [0.4, 0.5) is 0 Å². The number of para-hydroxylation sites is 1. The lowest BCUT2D eigenvalue weighted by Crippen LogP contribution is -2.03. The lowest BCUT2D eigenvalue weighted by molar-refractivity contribution is 0.101. The van der Waals surface area contributed by atoms with Crippen LogP contribution in [-0.4, -0.2) is 5.78 Å². The molecule has 0 N–H and O–H groups in total. The summed E-state index contributed by atoms with van der Waals surface area (Å²) in [4.78, 5) is 12.6. The first-order valence-electron chi connectivity index (χ1n) is 6.37. The minimum absolute atomic E-state index is 0.0614. The number of aryl methyl sites for hydroxylation is 2. The van der Waals surface area contributed by atoms with E-state index in [0.717, 1.165) is 25.7 Å². The Hall–Kier alpha value is -1.62. The molecule has 2 nitrogen and oxygen atoms in total. The number of rotatable bonds is 2. The van der Waals surface area contributed by atoms with Gasteiger partial charge in [-0.15, -0.1) is 0 Å². The largest absolute Gasteiger partial charge is 0.452 e. The van der Waals surface area contributed by atoms with Crippen molar-refractivity contribution in [3.05, 3.63) is 68.5 Å². The minimum atomic E-state index is -0.0614. The first-order valence-corrected chi connectivity index (χ1v) is 7.45. The standard InChI is InChI=1S/C17H13IO2/c1-10-5-4-8-13(15(10)18)16(19)14-9-12-7-3-6-11(2)17(12)20-14/h3-9H,1-2H3. The lowest BCUT2D eigenvalue weighted by atomic mass is 10.1. The van der Waals surface area contributed by atoms with E-state index in [1.165, 1.54) is 0 Å². The van der Waals surface area contributed by atoms with Gasteiger partial charge in [0.1, 0.15) is 5.58 Å². The number of carbonyl (C=O) groups excluding carboxylic acids is 1. The number of benzene rings is 2. The van der Waals surface area contributed by atoms with E-state index in [4.69, 9.17) is 4.42 Å². The van der Waals surface area contributed by atoms with Crippen LogP contribution in [0, 0.1) is 17.4 Å². The summed E-state index contributed by atoms with van der Waals surface area (Å²) in [5.41, 5.74) is 3.63. The highest BCUT2D eigenvalue weighted by atomic mass is 127. The molecule has 3 heteroatoms. The maximum Gasteiger partial charge on any atom is 0.229 e. The summed E-state index contributed by atoms with van der Waals surface area (Å²) in [6, 6.07) is 13.5. The van der Waals surface area contributed by atoms with E-state index >= 15 is 0 Å². The number of hydrogen-bond donors (Lipinski definition) is 0. The number of carbonyl (C=O) groups is 1. The second-order valence-electron chi connectivity index (χ2n) is 4.87. The van der Waals surface area contributed by atoms with Gasteiger partial charge in [-0.2, -0.15) is 0 Å². The molecule has 0 spiro atoms. The first kappa shape index (κ1) is 13.4. The molecule has 0 unspecified atom stereocenters. The maximum atomic E-state index is 12.6. The highest BCUT2D eigenvalue weighted by molar-refractivity contribution is 14.1. The van der Waals surface area contributed by atoms with E-state index in [-0.39, 0.29) is 5.78 Å².